The maximum absolute atomic E-state index is 11.8. The van der Waals surface area contributed by atoms with Crippen LogP contribution in [0.5, 0.6) is 0 Å². The Morgan fingerprint density at radius 2 is 2.06 bits per heavy atom. The number of carbonyl (C=O) groups excluding carboxylic acids is 1. The van der Waals surface area contributed by atoms with E-state index in [0.717, 1.165) is 0 Å². The number of carboxylic acid groups (broad SMARTS) is 1. The highest BCUT2D eigenvalue weighted by molar-refractivity contribution is 5.87. The molecule has 0 aliphatic rings. The highest BCUT2D eigenvalue weighted by Gasteiger charge is 2.13. The van der Waals surface area contributed by atoms with Crippen molar-refractivity contribution in [1.82, 2.24) is 4.57 Å². The van der Waals surface area contributed by atoms with E-state index in [2.05, 4.69) is 0 Å². The van der Waals surface area contributed by atoms with E-state index in [1.165, 1.54) is 16.7 Å². The summed E-state index contributed by atoms with van der Waals surface area (Å²) in [5, 5.41) is 8.84. The van der Waals surface area contributed by atoms with Crippen LogP contribution in [-0.2, 0) is 16.1 Å². The van der Waals surface area contributed by atoms with E-state index in [9.17, 15) is 14.4 Å². The smallest absolute Gasteiger partial charge is 0.341 e. The molecular weight excluding hydrogens is 238 g/mol. The monoisotopic (exact) mass is 253 g/mol. The fourth-order valence-electron chi connectivity index (χ4n) is 1.55. The number of hydrogen-bond acceptors (Lipinski definition) is 4. The number of carbonyl (C=O) groups is 2. The lowest BCUT2D eigenvalue weighted by atomic mass is 10.2. The largest absolute Gasteiger partial charge is 0.477 e. The van der Waals surface area contributed by atoms with Crippen molar-refractivity contribution in [2.24, 2.45) is 0 Å². The van der Waals surface area contributed by atoms with E-state index in [4.69, 9.17) is 9.84 Å². The van der Waals surface area contributed by atoms with Gasteiger partial charge in [-0.2, -0.15) is 0 Å². The number of esters is 1. The summed E-state index contributed by atoms with van der Waals surface area (Å²) in [5.41, 5.74) is -0.300. The third kappa shape index (κ3) is 3.19. The molecule has 0 unspecified atom stereocenters. The van der Waals surface area contributed by atoms with Crippen LogP contribution >= 0.6 is 0 Å². The SMILES string of the molecule is CCOC(=O)CCn1c(C)ccc(C(=O)O)c1=O. The first-order chi connectivity index (χ1) is 8.47. The molecule has 6 nitrogen and oxygen atoms in total. The Morgan fingerprint density at radius 1 is 1.39 bits per heavy atom. The van der Waals surface area contributed by atoms with Gasteiger partial charge in [0, 0.05) is 12.2 Å². The van der Waals surface area contributed by atoms with Gasteiger partial charge in [-0.1, -0.05) is 0 Å². The summed E-state index contributed by atoms with van der Waals surface area (Å²) in [6.45, 7) is 3.77. The second kappa shape index (κ2) is 6.00. The van der Waals surface area contributed by atoms with Gasteiger partial charge >= 0.3 is 11.9 Å². The van der Waals surface area contributed by atoms with E-state index < -0.39 is 17.5 Å². The van der Waals surface area contributed by atoms with Gasteiger partial charge in [0.15, 0.2) is 0 Å². The molecule has 0 bridgehead atoms. The van der Waals surface area contributed by atoms with Crippen LogP contribution in [0.2, 0.25) is 0 Å². The van der Waals surface area contributed by atoms with Gasteiger partial charge in [0.1, 0.15) is 5.56 Å². The predicted octanol–water partition coefficient (Wildman–Crippen LogP) is 0.808. The molecule has 1 rings (SSSR count). The van der Waals surface area contributed by atoms with Gasteiger partial charge in [-0.05, 0) is 26.0 Å². The van der Waals surface area contributed by atoms with E-state index in [0.29, 0.717) is 5.69 Å². The number of aromatic nitrogens is 1. The summed E-state index contributed by atoms with van der Waals surface area (Å²) in [4.78, 5) is 33.9. The van der Waals surface area contributed by atoms with Crippen LogP contribution in [0.3, 0.4) is 0 Å². The first kappa shape index (κ1) is 14.0. The van der Waals surface area contributed by atoms with Crippen molar-refractivity contribution in [3.8, 4) is 0 Å². The lowest BCUT2D eigenvalue weighted by molar-refractivity contribution is -0.143. The number of aryl methyl sites for hydroxylation is 1. The molecule has 0 aliphatic heterocycles. The predicted molar refractivity (Wildman–Crippen MR) is 63.6 cm³/mol. The van der Waals surface area contributed by atoms with Gasteiger partial charge in [0.2, 0.25) is 0 Å². The topological polar surface area (TPSA) is 85.6 Å². The minimum atomic E-state index is -1.27. The van der Waals surface area contributed by atoms with E-state index in [-0.39, 0.29) is 25.1 Å². The summed E-state index contributed by atoms with van der Waals surface area (Å²) in [6.07, 6.45) is 0.0393. The number of hydrogen-bond donors (Lipinski definition) is 1. The first-order valence-electron chi connectivity index (χ1n) is 5.56. The lowest BCUT2D eigenvalue weighted by Gasteiger charge is -2.10. The van der Waals surface area contributed by atoms with E-state index in [1.807, 2.05) is 0 Å². The highest BCUT2D eigenvalue weighted by Crippen LogP contribution is 2.01. The maximum atomic E-state index is 11.8. The Labute approximate surface area is 104 Å². The van der Waals surface area contributed by atoms with Gasteiger partial charge in [-0.15, -0.1) is 0 Å². The third-order valence-electron chi connectivity index (χ3n) is 2.47. The number of ether oxygens (including phenoxy) is 1. The molecular formula is C12H15NO5. The first-order valence-corrected chi connectivity index (χ1v) is 5.56. The molecule has 0 spiro atoms. The molecule has 1 aromatic rings. The minimum absolute atomic E-state index is 0.0393. The Kier molecular flexibility index (Phi) is 4.65. The highest BCUT2D eigenvalue weighted by atomic mass is 16.5. The number of pyridine rings is 1. The minimum Gasteiger partial charge on any atom is -0.477 e. The van der Waals surface area contributed by atoms with Crippen LogP contribution < -0.4 is 5.56 Å². The average Bonchev–Trinajstić information content (AvgIpc) is 2.28. The molecule has 1 aromatic heterocycles. The van der Waals surface area contributed by atoms with Crippen molar-refractivity contribution in [3.05, 3.63) is 33.7 Å². The van der Waals surface area contributed by atoms with Gasteiger partial charge < -0.3 is 14.4 Å². The second-order valence-electron chi connectivity index (χ2n) is 3.71. The number of aromatic carboxylic acids is 1. The van der Waals surface area contributed by atoms with E-state index in [1.54, 1.807) is 13.8 Å². The van der Waals surface area contributed by atoms with Gasteiger partial charge in [-0.25, -0.2) is 4.79 Å². The van der Waals surface area contributed by atoms with Crippen LogP contribution in [0.1, 0.15) is 29.4 Å². The van der Waals surface area contributed by atoms with Crippen molar-refractivity contribution in [2.75, 3.05) is 6.61 Å². The summed E-state index contributed by atoms with van der Waals surface area (Å²) in [5.74, 6) is -1.69. The fraction of sp³-hybridized carbons (Fsp3) is 0.417. The summed E-state index contributed by atoms with van der Waals surface area (Å²) < 4.78 is 6.01. The van der Waals surface area contributed by atoms with Crippen molar-refractivity contribution in [2.45, 2.75) is 26.8 Å². The molecule has 0 aromatic carbocycles. The molecule has 1 heterocycles. The maximum Gasteiger partial charge on any atom is 0.341 e. The molecule has 6 heteroatoms. The zero-order valence-electron chi connectivity index (χ0n) is 10.3. The van der Waals surface area contributed by atoms with Crippen LogP contribution in [0.4, 0.5) is 0 Å². The molecule has 0 saturated carbocycles. The Morgan fingerprint density at radius 3 is 2.61 bits per heavy atom. The number of nitrogens with zero attached hydrogens (tertiary/aromatic N) is 1. The molecule has 0 atom stereocenters. The fourth-order valence-corrected chi connectivity index (χ4v) is 1.55. The Hall–Kier alpha value is -2.11. The van der Waals surface area contributed by atoms with Gasteiger partial charge in [0.25, 0.3) is 5.56 Å². The molecule has 0 saturated heterocycles. The quantitative estimate of drug-likeness (QED) is 0.785. The van der Waals surface area contributed by atoms with Crippen LogP contribution in [0.25, 0.3) is 0 Å². The van der Waals surface area contributed by atoms with Crippen molar-refractivity contribution in [1.29, 1.82) is 0 Å². The van der Waals surface area contributed by atoms with Crippen molar-refractivity contribution < 1.29 is 19.4 Å². The Bertz CT molecular complexity index is 518. The van der Waals surface area contributed by atoms with Crippen LogP contribution in [0, 0.1) is 6.92 Å². The van der Waals surface area contributed by atoms with Crippen molar-refractivity contribution in [3.63, 3.8) is 0 Å². The number of rotatable bonds is 5. The molecule has 0 amide bonds. The van der Waals surface area contributed by atoms with Crippen LogP contribution in [-0.4, -0.2) is 28.2 Å². The van der Waals surface area contributed by atoms with Crippen LogP contribution in [0.15, 0.2) is 16.9 Å². The molecule has 98 valence electrons. The normalized spacial score (nSPS) is 10.1. The third-order valence-corrected chi connectivity index (χ3v) is 2.47. The summed E-state index contributed by atoms with van der Waals surface area (Å²) in [6, 6.07) is 2.80. The zero-order chi connectivity index (χ0) is 13.7. The molecule has 0 radical (unpaired) electrons. The molecule has 0 fully saturated rings. The lowest BCUT2D eigenvalue weighted by Crippen LogP contribution is -2.28. The number of carboxylic acids is 1. The van der Waals surface area contributed by atoms with Crippen molar-refractivity contribution >= 4 is 11.9 Å². The van der Waals surface area contributed by atoms with Gasteiger partial charge in [0.05, 0.1) is 13.0 Å². The Balaban J connectivity index is 2.95. The summed E-state index contributed by atoms with van der Waals surface area (Å²) >= 11 is 0. The molecule has 18 heavy (non-hydrogen) atoms. The van der Waals surface area contributed by atoms with E-state index >= 15 is 0 Å². The zero-order valence-corrected chi connectivity index (χ0v) is 10.3. The average molecular weight is 253 g/mol. The second-order valence-corrected chi connectivity index (χ2v) is 3.71. The van der Waals surface area contributed by atoms with Gasteiger partial charge in [-0.3, -0.25) is 9.59 Å². The standard InChI is InChI=1S/C12H15NO5/c1-3-18-10(14)6-7-13-8(2)4-5-9(11(13)15)12(16)17/h4-5H,3,6-7H2,1-2H3,(H,16,17). The molecule has 1 N–H and O–H groups in total. The summed E-state index contributed by atoms with van der Waals surface area (Å²) in [7, 11) is 0. The molecule has 0 aliphatic carbocycles.